The molecule has 0 bridgehead atoms. The molecule has 0 atom stereocenters. The van der Waals surface area contributed by atoms with Crippen LogP contribution >= 0.6 is 15.9 Å². The summed E-state index contributed by atoms with van der Waals surface area (Å²) in [4.78, 5) is 34.6. The average molecular weight is 355 g/mol. The van der Waals surface area contributed by atoms with E-state index in [1.165, 1.54) is 0 Å². The monoisotopic (exact) mass is 354 g/mol. The van der Waals surface area contributed by atoms with Gasteiger partial charge in [0.05, 0.1) is 5.39 Å². The first-order valence-electron chi connectivity index (χ1n) is 5.94. The van der Waals surface area contributed by atoms with E-state index < -0.39 is 23.7 Å². The Morgan fingerprint density at radius 2 is 1.81 bits per heavy atom. The fourth-order valence-corrected chi connectivity index (χ4v) is 2.09. The van der Waals surface area contributed by atoms with E-state index in [0.29, 0.717) is 10.1 Å². The van der Waals surface area contributed by atoms with Crippen LogP contribution < -0.4 is 5.43 Å². The molecule has 0 aliphatic heterocycles. The molecule has 0 amide bonds. The number of halogens is 1. The van der Waals surface area contributed by atoms with Gasteiger partial charge < -0.3 is 13.9 Å². The fourth-order valence-electron chi connectivity index (χ4n) is 1.73. The summed E-state index contributed by atoms with van der Waals surface area (Å²) in [6.45, 7) is 2.30. The van der Waals surface area contributed by atoms with Crippen molar-refractivity contribution in [2.24, 2.45) is 0 Å². The van der Waals surface area contributed by atoms with E-state index in [9.17, 15) is 14.4 Å². The van der Waals surface area contributed by atoms with Crippen LogP contribution in [0.25, 0.3) is 11.0 Å². The molecule has 21 heavy (non-hydrogen) atoms. The maximum absolute atomic E-state index is 12.4. The van der Waals surface area contributed by atoms with Gasteiger partial charge in [0.25, 0.3) is 6.29 Å². The van der Waals surface area contributed by atoms with Crippen molar-refractivity contribution in [3.8, 4) is 0 Å². The van der Waals surface area contributed by atoms with Crippen molar-refractivity contribution in [2.75, 3.05) is 0 Å². The maximum Gasteiger partial charge on any atom is 0.305 e. The van der Waals surface area contributed by atoms with E-state index in [-0.39, 0.29) is 10.9 Å². The molecule has 6 nitrogen and oxygen atoms in total. The highest BCUT2D eigenvalue weighted by Gasteiger charge is 2.23. The predicted octanol–water partition coefficient (Wildman–Crippen LogP) is 2.68. The van der Waals surface area contributed by atoms with Gasteiger partial charge in [0.15, 0.2) is 0 Å². The second-order valence-electron chi connectivity index (χ2n) is 4.21. The lowest BCUT2D eigenvalue weighted by Crippen LogP contribution is -2.21. The van der Waals surface area contributed by atoms with Crippen LogP contribution in [-0.2, 0) is 19.1 Å². The molecule has 0 unspecified atom stereocenters. The predicted molar refractivity (Wildman–Crippen MR) is 76.5 cm³/mol. The third-order valence-corrected chi connectivity index (χ3v) is 3.05. The molecule has 2 aromatic rings. The van der Waals surface area contributed by atoms with Crippen LogP contribution in [0.1, 0.15) is 25.7 Å². The molecule has 1 heterocycles. The number of hydrogen-bond donors (Lipinski definition) is 0. The first-order chi connectivity index (χ1) is 9.88. The largest absolute Gasteiger partial charge is 0.463 e. The molecule has 0 spiro atoms. The van der Waals surface area contributed by atoms with Gasteiger partial charge in [-0.25, -0.2) is 0 Å². The minimum Gasteiger partial charge on any atom is -0.463 e. The van der Waals surface area contributed by atoms with E-state index >= 15 is 0 Å². The maximum atomic E-state index is 12.4. The Bertz CT molecular complexity index is 748. The van der Waals surface area contributed by atoms with E-state index in [0.717, 1.165) is 20.1 Å². The second-order valence-corrected chi connectivity index (χ2v) is 5.13. The van der Waals surface area contributed by atoms with Crippen LogP contribution in [0, 0.1) is 0 Å². The number of hydrogen-bond acceptors (Lipinski definition) is 6. The molecule has 0 saturated carbocycles. The lowest BCUT2D eigenvalue weighted by atomic mass is 10.1. The van der Waals surface area contributed by atoms with Crippen LogP contribution in [0.15, 0.2) is 38.1 Å². The van der Waals surface area contributed by atoms with Gasteiger partial charge in [-0.15, -0.1) is 0 Å². The van der Waals surface area contributed by atoms with Crippen molar-refractivity contribution < 1.29 is 23.5 Å². The van der Waals surface area contributed by atoms with Crippen LogP contribution in [0.2, 0.25) is 0 Å². The van der Waals surface area contributed by atoms with Crippen molar-refractivity contribution in [1.82, 2.24) is 0 Å². The summed E-state index contributed by atoms with van der Waals surface area (Å²) in [6, 6.07) is 4.92. The highest BCUT2D eigenvalue weighted by molar-refractivity contribution is 9.10. The number of carbonyl (C=O) groups excluding carboxylic acids is 2. The normalized spacial score (nSPS) is 10.7. The molecule has 2 rings (SSSR count). The zero-order chi connectivity index (χ0) is 15.6. The number of ether oxygens (including phenoxy) is 2. The zero-order valence-corrected chi connectivity index (χ0v) is 12.8. The molecule has 7 heteroatoms. The van der Waals surface area contributed by atoms with Gasteiger partial charge in [0, 0.05) is 18.3 Å². The molecule has 0 aliphatic rings. The summed E-state index contributed by atoms with van der Waals surface area (Å²) in [6.07, 6.45) is -0.311. The molecule has 0 aliphatic carbocycles. The van der Waals surface area contributed by atoms with Gasteiger partial charge in [0.1, 0.15) is 17.4 Å². The summed E-state index contributed by atoms with van der Waals surface area (Å²) in [7, 11) is 0. The van der Waals surface area contributed by atoms with Gasteiger partial charge in [0.2, 0.25) is 5.43 Å². The first-order valence-corrected chi connectivity index (χ1v) is 6.73. The van der Waals surface area contributed by atoms with Crippen LogP contribution in [0.3, 0.4) is 0 Å². The molecular formula is C14H11BrO6. The van der Waals surface area contributed by atoms with Crippen molar-refractivity contribution in [2.45, 2.75) is 20.1 Å². The fraction of sp³-hybridized carbons (Fsp3) is 0.214. The van der Waals surface area contributed by atoms with Crippen molar-refractivity contribution >= 4 is 38.8 Å². The highest BCUT2D eigenvalue weighted by atomic mass is 79.9. The van der Waals surface area contributed by atoms with E-state index in [2.05, 4.69) is 15.9 Å². The summed E-state index contributed by atoms with van der Waals surface area (Å²) in [5, 5.41) is 0.283. The molecular weight excluding hydrogens is 344 g/mol. The molecule has 0 fully saturated rings. The van der Waals surface area contributed by atoms with Crippen molar-refractivity contribution in [3.63, 3.8) is 0 Å². The molecule has 1 aromatic carbocycles. The highest BCUT2D eigenvalue weighted by Crippen LogP contribution is 2.22. The first kappa shape index (κ1) is 15.2. The van der Waals surface area contributed by atoms with Crippen LogP contribution in [-0.4, -0.2) is 11.9 Å². The lowest BCUT2D eigenvalue weighted by Gasteiger charge is -2.16. The molecule has 0 radical (unpaired) electrons. The average Bonchev–Trinajstić information content (AvgIpc) is 2.38. The SMILES string of the molecule is CC(=O)OC(OC(C)=O)c1coc2ccc(Br)cc2c1=O. The Hall–Kier alpha value is -2.15. The molecule has 110 valence electrons. The summed E-state index contributed by atoms with van der Waals surface area (Å²) < 4.78 is 15.7. The topological polar surface area (TPSA) is 82.8 Å². The Kier molecular flexibility index (Phi) is 4.42. The Labute approximate surface area is 127 Å². The van der Waals surface area contributed by atoms with Gasteiger partial charge in [-0.3, -0.25) is 14.4 Å². The Morgan fingerprint density at radius 3 is 2.38 bits per heavy atom. The number of rotatable bonds is 3. The Balaban J connectivity index is 2.57. The molecule has 0 N–H and O–H groups in total. The minimum absolute atomic E-state index is 0.0639. The Morgan fingerprint density at radius 1 is 1.19 bits per heavy atom. The summed E-state index contributed by atoms with van der Waals surface area (Å²) in [5.74, 6) is -1.37. The van der Waals surface area contributed by atoms with Gasteiger partial charge in [-0.2, -0.15) is 0 Å². The minimum atomic E-state index is -1.43. The summed E-state index contributed by atoms with van der Waals surface area (Å²) >= 11 is 3.26. The van der Waals surface area contributed by atoms with E-state index in [4.69, 9.17) is 13.9 Å². The number of benzene rings is 1. The number of carbonyl (C=O) groups is 2. The number of esters is 2. The standard InChI is InChI=1S/C14H11BrO6/c1-7(16)20-14(21-8(2)17)11-6-19-12-4-3-9(15)5-10(12)13(11)18/h3-6,14H,1-2H3. The third-order valence-electron chi connectivity index (χ3n) is 2.56. The van der Waals surface area contributed by atoms with E-state index in [1.807, 2.05) is 0 Å². The zero-order valence-electron chi connectivity index (χ0n) is 11.2. The third kappa shape index (κ3) is 3.49. The molecule has 0 saturated heterocycles. The second kappa shape index (κ2) is 6.09. The molecule has 1 aromatic heterocycles. The van der Waals surface area contributed by atoms with Crippen molar-refractivity contribution in [3.05, 3.63) is 44.7 Å². The number of fused-ring (bicyclic) bond motifs is 1. The van der Waals surface area contributed by atoms with Gasteiger partial charge >= 0.3 is 11.9 Å². The van der Waals surface area contributed by atoms with Crippen LogP contribution in [0.4, 0.5) is 0 Å². The smallest absolute Gasteiger partial charge is 0.305 e. The van der Waals surface area contributed by atoms with Gasteiger partial charge in [-0.1, -0.05) is 15.9 Å². The quantitative estimate of drug-likeness (QED) is 0.622. The van der Waals surface area contributed by atoms with Crippen LogP contribution in [0.5, 0.6) is 0 Å². The summed E-state index contributed by atoms with van der Waals surface area (Å²) in [5.41, 5.74) is -0.132. The van der Waals surface area contributed by atoms with Crippen molar-refractivity contribution in [1.29, 1.82) is 0 Å². The lowest BCUT2D eigenvalue weighted by molar-refractivity contribution is -0.186. The van der Waals surface area contributed by atoms with Gasteiger partial charge in [-0.05, 0) is 18.2 Å². The van der Waals surface area contributed by atoms with E-state index in [1.54, 1.807) is 18.2 Å².